The molecule has 4 nitrogen and oxygen atoms in total. The average Bonchev–Trinajstić information content (AvgIpc) is 3.13. The van der Waals surface area contributed by atoms with E-state index in [9.17, 15) is 9.59 Å². The predicted molar refractivity (Wildman–Crippen MR) is 84.6 cm³/mol. The fourth-order valence-electron chi connectivity index (χ4n) is 2.83. The van der Waals surface area contributed by atoms with Gasteiger partial charge in [0.1, 0.15) is 6.04 Å². The van der Waals surface area contributed by atoms with Crippen LogP contribution in [0, 0.1) is 0 Å². The number of fused-ring (bicyclic) bond motifs is 1. The highest BCUT2D eigenvalue weighted by atomic mass is 32.1. The van der Waals surface area contributed by atoms with E-state index in [1.165, 1.54) is 4.70 Å². The smallest absolute Gasteiger partial charge is 0.254 e. The standard InChI is InChI=1S/C16H18N2O2S/c1-17(2)16(20)13-4-3-8-18(13)15(19)12-5-6-14-11(10-12)7-9-21-14/h5-7,9-10,13H,3-4,8H2,1-2H3. The Morgan fingerprint density at radius 1 is 1.29 bits per heavy atom. The van der Waals surface area contributed by atoms with E-state index in [1.807, 2.05) is 29.6 Å². The monoisotopic (exact) mass is 302 g/mol. The summed E-state index contributed by atoms with van der Waals surface area (Å²) in [5, 5.41) is 3.10. The molecule has 1 unspecified atom stereocenters. The molecule has 0 bridgehead atoms. The Bertz CT molecular complexity index is 692. The van der Waals surface area contributed by atoms with Gasteiger partial charge in [0.05, 0.1) is 0 Å². The minimum absolute atomic E-state index is 0.0115. The quantitative estimate of drug-likeness (QED) is 0.855. The third-order valence-electron chi connectivity index (χ3n) is 3.94. The van der Waals surface area contributed by atoms with E-state index >= 15 is 0 Å². The number of amides is 2. The van der Waals surface area contributed by atoms with Crippen LogP contribution >= 0.6 is 11.3 Å². The van der Waals surface area contributed by atoms with Crippen LogP contribution in [-0.2, 0) is 4.79 Å². The molecule has 110 valence electrons. The Morgan fingerprint density at radius 2 is 2.10 bits per heavy atom. The Hall–Kier alpha value is -1.88. The summed E-state index contributed by atoms with van der Waals surface area (Å²) in [5.74, 6) is -0.0294. The van der Waals surface area contributed by atoms with Gasteiger partial charge in [-0.1, -0.05) is 0 Å². The third kappa shape index (κ3) is 2.53. The number of nitrogens with zero attached hydrogens (tertiary/aromatic N) is 2. The van der Waals surface area contributed by atoms with Crippen LogP contribution in [0.4, 0.5) is 0 Å². The molecule has 2 amide bonds. The normalized spacial score (nSPS) is 18.2. The summed E-state index contributed by atoms with van der Waals surface area (Å²) in [4.78, 5) is 28.2. The summed E-state index contributed by atoms with van der Waals surface area (Å²) < 4.78 is 1.17. The highest BCUT2D eigenvalue weighted by Gasteiger charge is 2.35. The number of hydrogen-bond donors (Lipinski definition) is 0. The number of carbonyl (C=O) groups excluding carboxylic acids is 2. The van der Waals surface area contributed by atoms with E-state index in [1.54, 1.807) is 35.2 Å². The molecule has 0 aliphatic carbocycles. The molecule has 1 aromatic heterocycles. The lowest BCUT2D eigenvalue weighted by molar-refractivity contribution is -0.132. The minimum Gasteiger partial charge on any atom is -0.347 e. The van der Waals surface area contributed by atoms with Crippen molar-refractivity contribution in [1.82, 2.24) is 9.80 Å². The van der Waals surface area contributed by atoms with Gasteiger partial charge in [-0.25, -0.2) is 0 Å². The maximum atomic E-state index is 12.7. The van der Waals surface area contributed by atoms with Gasteiger partial charge in [-0.3, -0.25) is 9.59 Å². The molecule has 0 N–H and O–H groups in total. The topological polar surface area (TPSA) is 40.6 Å². The van der Waals surface area contributed by atoms with Crippen LogP contribution in [-0.4, -0.2) is 48.3 Å². The number of benzene rings is 1. The van der Waals surface area contributed by atoms with Crippen LogP contribution < -0.4 is 0 Å². The fourth-order valence-corrected chi connectivity index (χ4v) is 3.60. The molecule has 1 fully saturated rings. The second-order valence-electron chi connectivity index (χ2n) is 5.56. The predicted octanol–water partition coefficient (Wildman–Crippen LogP) is 2.59. The second kappa shape index (κ2) is 5.48. The van der Waals surface area contributed by atoms with Gasteiger partial charge in [-0.05, 0) is 47.9 Å². The lowest BCUT2D eigenvalue weighted by Crippen LogP contribution is -2.45. The molecule has 3 rings (SSSR count). The van der Waals surface area contributed by atoms with Crippen molar-refractivity contribution in [1.29, 1.82) is 0 Å². The SMILES string of the molecule is CN(C)C(=O)C1CCCN1C(=O)c1ccc2sccc2c1. The Morgan fingerprint density at radius 3 is 2.86 bits per heavy atom. The lowest BCUT2D eigenvalue weighted by atomic mass is 10.1. The molecule has 1 aromatic carbocycles. The molecular formula is C16H18N2O2S. The van der Waals surface area contributed by atoms with Crippen LogP contribution in [0.25, 0.3) is 10.1 Å². The van der Waals surface area contributed by atoms with Gasteiger partial charge >= 0.3 is 0 Å². The molecule has 1 atom stereocenters. The number of hydrogen-bond acceptors (Lipinski definition) is 3. The molecule has 2 heterocycles. The minimum atomic E-state index is -0.314. The van der Waals surface area contributed by atoms with E-state index < -0.39 is 0 Å². The first kappa shape index (κ1) is 14.1. The lowest BCUT2D eigenvalue weighted by Gasteiger charge is -2.26. The molecule has 1 saturated heterocycles. The van der Waals surface area contributed by atoms with Crippen molar-refractivity contribution in [3.05, 3.63) is 35.2 Å². The van der Waals surface area contributed by atoms with E-state index in [4.69, 9.17) is 0 Å². The first-order valence-electron chi connectivity index (χ1n) is 7.07. The molecule has 2 aromatic rings. The van der Waals surface area contributed by atoms with Gasteiger partial charge in [0.2, 0.25) is 5.91 Å². The average molecular weight is 302 g/mol. The molecule has 1 aliphatic rings. The van der Waals surface area contributed by atoms with Crippen molar-refractivity contribution in [2.24, 2.45) is 0 Å². The second-order valence-corrected chi connectivity index (χ2v) is 6.51. The fraction of sp³-hybridized carbons (Fsp3) is 0.375. The van der Waals surface area contributed by atoms with Crippen molar-refractivity contribution < 1.29 is 9.59 Å². The maximum Gasteiger partial charge on any atom is 0.254 e. The van der Waals surface area contributed by atoms with Crippen molar-refractivity contribution in [2.75, 3.05) is 20.6 Å². The summed E-state index contributed by atoms with van der Waals surface area (Å²) in [7, 11) is 3.47. The molecule has 0 spiro atoms. The van der Waals surface area contributed by atoms with E-state index in [-0.39, 0.29) is 17.9 Å². The zero-order chi connectivity index (χ0) is 15.0. The molecular weight excluding hydrogens is 284 g/mol. The first-order valence-corrected chi connectivity index (χ1v) is 7.95. The number of likely N-dealkylation sites (tertiary alicyclic amines) is 1. The highest BCUT2D eigenvalue weighted by Crippen LogP contribution is 2.25. The summed E-state index contributed by atoms with van der Waals surface area (Å²) in [6.45, 7) is 0.657. The number of rotatable bonds is 2. The van der Waals surface area contributed by atoms with Gasteiger partial charge in [0.15, 0.2) is 0 Å². The maximum absolute atomic E-state index is 12.7. The largest absolute Gasteiger partial charge is 0.347 e. The van der Waals surface area contributed by atoms with Crippen molar-refractivity contribution in [3.8, 4) is 0 Å². The third-order valence-corrected chi connectivity index (χ3v) is 4.84. The number of thiophene rings is 1. The zero-order valence-corrected chi connectivity index (χ0v) is 13.0. The summed E-state index contributed by atoms with van der Waals surface area (Å²) in [5.41, 5.74) is 0.666. The Labute approximate surface area is 128 Å². The van der Waals surface area contributed by atoms with Crippen molar-refractivity contribution in [3.63, 3.8) is 0 Å². The first-order chi connectivity index (χ1) is 10.1. The molecule has 1 aliphatic heterocycles. The van der Waals surface area contributed by atoms with E-state index in [2.05, 4.69) is 0 Å². The van der Waals surface area contributed by atoms with Gasteiger partial charge in [-0.15, -0.1) is 11.3 Å². The molecule has 0 radical (unpaired) electrons. The Kier molecular flexibility index (Phi) is 3.68. The van der Waals surface area contributed by atoms with Crippen LogP contribution in [0.1, 0.15) is 23.2 Å². The van der Waals surface area contributed by atoms with Crippen LogP contribution in [0.3, 0.4) is 0 Å². The summed E-state index contributed by atoms with van der Waals surface area (Å²) in [6, 6.07) is 7.46. The molecule has 21 heavy (non-hydrogen) atoms. The van der Waals surface area contributed by atoms with E-state index in [0.29, 0.717) is 12.1 Å². The van der Waals surface area contributed by atoms with Crippen molar-refractivity contribution in [2.45, 2.75) is 18.9 Å². The van der Waals surface area contributed by atoms with Crippen molar-refractivity contribution >= 4 is 33.2 Å². The highest BCUT2D eigenvalue weighted by molar-refractivity contribution is 7.17. The summed E-state index contributed by atoms with van der Waals surface area (Å²) >= 11 is 1.66. The van der Waals surface area contributed by atoms with Gasteiger partial charge < -0.3 is 9.80 Å². The Balaban J connectivity index is 1.88. The van der Waals surface area contributed by atoms with Gasteiger partial charge in [0, 0.05) is 30.9 Å². The molecule has 5 heteroatoms. The van der Waals surface area contributed by atoms with Crippen LogP contribution in [0.15, 0.2) is 29.6 Å². The van der Waals surface area contributed by atoms with Gasteiger partial charge in [-0.2, -0.15) is 0 Å². The molecule has 0 saturated carbocycles. The van der Waals surface area contributed by atoms with Crippen LogP contribution in [0.2, 0.25) is 0 Å². The van der Waals surface area contributed by atoms with Crippen LogP contribution in [0.5, 0.6) is 0 Å². The summed E-state index contributed by atoms with van der Waals surface area (Å²) in [6.07, 6.45) is 1.64. The zero-order valence-electron chi connectivity index (χ0n) is 12.2. The number of carbonyl (C=O) groups is 2. The number of likely N-dealkylation sites (N-methyl/N-ethyl adjacent to an activating group) is 1. The van der Waals surface area contributed by atoms with Gasteiger partial charge in [0.25, 0.3) is 5.91 Å². The van der Waals surface area contributed by atoms with E-state index in [0.717, 1.165) is 18.2 Å².